The van der Waals surface area contributed by atoms with E-state index < -0.39 is 38.0 Å². The molecule has 0 atom stereocenters. The zero-order valence-electron chi connectivity index (χ0n) is 11.7. The molecule has 0 fully saturated rings. The lowest BCUT2D eigenvalue weighted by Gasteiger charge is -2.23. The van der Waals surface area contributed by atoms with Crippen LogP contribution in [-0.4, -0.2) is 25.8 Å². The van der Waals surface area contributed by atoms with E-state index in [0.717, 1.165) is 12.1 Å². The Kier molecular flexibility index (Phi) is 5.91. The van der Waals surface area contributed by atoms with Crippen molar-refractivity contribution < 1.29 is 17.2 Å². The van der Waals surface area contributed by atoms with Crippen LogP contribution in [0.5, 0.6) is 0 Å². The van der Waals surface area contributed by atoms with Gasteiger partial charge in [-0.25, -0.2) is 17.2 Å². The number of nitrogens with zero attached hydrogens (tertiary/aromatic N) is 1. The molecule has 0 saturated heterocycles. The van der Waals surface area contributed by atoms with Crippen LogP contribution < -0.4 is 0 Å². The van der Waals surface area contributed by atoms with Crippen LogP contribution in [0.1, 0.15) is 26.3 Å². The van der Waals surface area contributed by atoms with Crippen molar-refractivity contribution in [2.24, 2.45) is 5.92 Å². The Morgan fingerprint density at radius 1 is 1.30 bits per heavy atom. The number of halogens is 3. The molecule has 0 aliphatic rings. The van der Waals surface area contributed by atoms with Crippen LogP contribution in [0.2, 0.25) is 0 Å². The standard InChI is InChI=1S/C13H18ClF2NO2S/c1-4-17(8-9(2)3)20(18,19)12-6-5-11(15)10(7-14)13(12)16/h5-6,9H,4,7-8H2,1-3H3. The molecule has 3 nitrogen and oxygen atoms in total. The Morgan fingerprint density at radius 2 is 1.90 bits per heavy atom. The summed E-state index contributed by atoms with van der Waals surface area (Å²) in [5.74, 6) is -2.27. The predicted molar refractivity (Wildman–Crippen MR) is 75.2 cm³/mol. The average Bonchev–Trinajstić information content (AvgIpc) is 2.35. The Labute approximate surface area is 123 Å². The van der Waals surface area contributed by atoms with E-state index in [0.29, 0.717) is 0 Å². The summed E-state index contributed by atoms with van der Waals surface area (Å²) < 4.78 is 53.5. The van der Waals surface area contributed by atoms with Gasteiger partial charge in [0.25, 0.3) is 0 Å². The third-order valence-corrected chi connectivity index (χ3v) is 5.05. The van der Waals surface area contributed by atoms with Gasteiger partial charge in [0.1, 0.15) is 10.7 Å². The van der Waals surface area contributed by atoms with Crippen molar-refractivity contribution in [2.75, 3.05) is 13.1 Å². The van der Waals surface area contributed by atoms with Gasteiger partial charge in [0.2, 0.25) is 10.0 Å². The second-order valence-corrected chi connectivity index (χ2v) is 6.99. The SMILES string of the molecule is CCN(CC(C)C)S(=O)(=O)c1ccc(F)c(CCl)c1F. The van der Waals surface area contributed by atoms with E-state index in [2.05, 4.69) is 0 Å². The Balaban J connectivity index is 3.35. The van der Waals surface area contributed by atoms with Crippen LogP contribution in [0.15, 0.2) is 17.0 Å². The van der Waals surface area contributed by atoms with E-state index in [-0.39, 0.29) is 19.0 Å². The van der Waals surface area contributed by atoms with Crippen molar-refractivity contribution in [3.8, 4) is 0 Å². The number of alkyl halides is 1. The monoisotopic (exact) mass is 325 g/mol. The summed E-state index contributed by atoms with van der Waals surface area (Å²) in [6.07, 6.45) is 0. The van der Waals surface area contributed by atoms with Crippen molar-refractivity contribution in [1.29, 1.82) is 0 Å². The first-order valence-electron chi connectivity index (χ1n) is 6.28. The highest BCUT2D eigenvalue weighted by Gasteiger charge is 2.29. The molecule has 0 spiro atoms. The number of hydrogen-bond donors (Lipinski definition) is 0. The molecule has 0 amide bonds. The van der Waals surface area contributed by atoms with Gasteiger partial charge in [0.15, 0.2) is 5.82 Å². The maximum Gasteiger partial charge on any atom is 0.245 e. The summed E-state index contributed by atoms with van der Waals surface area (Å²) in [6, 6.07) is 1.87. The molecule has 0 saturated carbocycles. The van der Waals surface area contributed by atoms with E-state index in [1.807, 2.05) is 13.8 Å². The van der Waals surface area contributed by atoms with Crippen molar-refractivity contribution in [3.63, 3.8) is 0 Å². The van der Waals surface area contributed by atoms with E-state index in [1.54, 1.807) is 6.92 Å². The third kappa shape index (κ3) is 3.48. The molecular weight excluding hydrogens is 308 g/mol. The molecule has 1 aromatic carbocycles. The van der Waals surface area contributed by atoms with Gasteiger partial charge in [0.05, 0.1) is 5.88 Å². The molecule has 0 N–H and O–H groups in total. The van der Waals surface area contributed by atoms with E-state index >= 15 is 0 Å². The molecule has 20 heavy (non-hydrogen) atoms. The van der Waals surface area contributed by atoms with Crippen LogP contribution in [-0.2, 0) is 15.9 Å². The first kappa shape index (κ1) is 17.3. The Morgan fingerprint density at radius 3 is 2.35 bits per heavy atom. The number of rotatable bonds is 6. The summed E-state index contributed by atoms with van der Waals surface area (Å²) >= 11 is 5.47. The first-order valence-corrected chi connectivity index (χ1v) is 8.26. The number of hydrogen-bond acceptors (Lipinski definition) is 2. The molecule has 0 aliphatic heterocycles. The smallest absolute Gasteiger partial charge is 0.207 e. The zero-order chi connectivity index (χ0) is 15.5. The highest BCUT2D eigenvalue weighted by Crippen LogP contribution is 2.25. The lowest BCUT2D eigenvalue weighted by Crippen LogP contribution is -2.34. The van der Waals surface area contributed by atoms with Crippen molar-refractivity contribution in [1.82, 2.24) is 4.31 Å². The van der Waals surface area contributed by atoms with Crippen molar-refractivity contribution >= 4 is 21.6 Å². The second-order valence-electron chi connectivity index (χ2n) is 4.82. The van der Waals surface area contributed by atoms with Crippen LogP contribution in [0, 0.1) is 17.6 Å². The van der Waals surface area contributed by atoms with Gasteiger partial charge in [-0.2, -0.15) is 4.31 Å². The molecule has 0 unspecified atom stereocenters. The van der Waals surface area contributed by atoms with Crippen LogP contribution in [0.25, 0.3) is 0 Å². The minimum absolute atomic E-state index is 0.0979. The van der Waals surface area contributed by atoms with E-state index in [1.165, 1.54) is 4.31 Å². The molecule has 0 aromatic heterocycles. The summed E-state index contributed by atoms with van der Waals surface area (Å²) in [5, 5.41) is 0. The fraction of sp³-hybridized carbons (Fsp3) is 0.538. The molecule has 0 radical (unpaired) electrons. The highest BCUT2D eigenvalue weighted by molar-refractivity contribution is 7.89. The second kappa shape index (κ2) is 6.83. The van der Waals surface area contributed by atoms with Crippen molar-refractivity contribution in [3.05, 3.63) is 29.3 Å². The molecule has 1 rings (SSSR count). The summed E-state index contributed by atoms with van der Waals surface area (Å²) in [6.45, 7) is 5.88. The molecule has 114 valence electrons. The average molecular weight is 326 g/mol. The largest absolute Gasteiger partial charge is 0.245 e. The van der Waals surface area contributed by atoms with Crippen molar-refractivity contribution in [2.45, 2.75) is 31.5 Å². The lowest BCUT2D eigenvalue weighted by atomic mass is 10.2. The van der Waals surface area contributed by atoms with Gasteiger partial charge >= 0.3 is 0 Å². The molecule has 7 heteroatoms. The number of benzene rings is 1. The van der Waals surface area contributed by atoms with Gasteiger partial charge < -0.3 is 0 Å². The van der Waals surface area contributed by atoms with Crippen LogP contribution in [0.4, 0.5) is 8.78 Å². The first-order chi connectivity index (χ1) is 9.25. The Hall–Kier alpha value is -0.720. The summed E-state index contributed by atoms with van der Waals surface area (Å²) in [5.41, 5.74) is -0.423. The highest BCUT2D eigenvalue weighted by atomic mass is 35.5. The topological polar surface area (TPSA) is 37.4 Å². The molecule has 0 bridgehead atoms. The van der Waals surface area contributed by atoms with Gasteiger partial charge in [-0.1, -0.05) is 20.8 Å². The van der Waals surface area contributed by atoms with Gasteiger partial charge in [-0.3, -0.25) is 0 Å². The van der Waals surface area contributed by atoms with Gasteiger partial charge in [0, 0.05) is 18.7 Å². The normalized spacial score (nSPS) is 12.4. The summed E-state index contributed by atoms with van der Waals surface area (Å²) in [4.78, 5) is -0.531. The van der Waals surface area contributed by atoms with Gasteiger partial charge in [-0.15, -0.1) is 11.6 Å². The Bertz CT molecular complexity index is 576. The quantitative estimate of drug-likeness (QED) is 0.752. The maximum absolute atomic E-state index is 14.1. The molecule has 0 heterocycles. The predicted octanol–water partition coefficient (Wildman–Crippen LogP) is 3.37. The summed E-state index contributed by atoms with van der Waals surface area (Å²) in [7, 11) is -3.99. The lowest BCUT2D eigenvalue weighted by molar-refractivity contribution is 0.378. The molecule has 1 aromatic rings. The van der Waals surface area contributed by atoms with E-state index in [4.69, 9.17) is 11.6 Å². The van der Waals surface area contributed by atoms with Gasteiger partial charge in [-0.05, 0) is 18.1 Å². The molecular formula is C13H18ClF2NO2S. The fourth-order valence-corrected chi connectivity index (χ4v) is 3.79. The number of sulfonamides is 1. The van der Waals surface area contributed by atoms with Crippen LogP contribution in [0.3, 0.4) is 0 Å². The minimum atomic E-state index is -3.99. The van der Waals surface area contributed by atoms with E-state index in [9.17, 15) is 17.2 Å². The molecule has 0 aliphatic carbocycles. The third-order valence-electron chi connectivity index (χ3n) is 2.82. The van der Waals surface area contributed by atoms with Crippen LogP contribution >= 0.6 is 11.6 Å². The minimum Gasteiger partial charge on any atom is -0.207 e. The fourth-order valence-electron chi connectivity index (χ4n) is 1.84. The maximum atomic E-state index is 14.1. The zero-order valence-corrected chi connectivity index (χ0v) is 13.2.